The number of rotatable bonds is 8. The van der Waals surface area contributed by atoms with E-state index in [1.165, 1.54) is 0 Å². The highest BCUT2D eigenvalue weighted by Crippen LogP contribution is 2.21. The molecule has 2 aliphatic heterocycles. The van der Waals surface area contributed by atoms with Crippen LogP contribution in [-0.4, -0.2) is 84.8 Å². The number of amides is 1. The van der Waals surface area contributed by atoms with Crippen molar-refractivity contribution in [3.05, 3.63) is 23.8 Å². The van der Waals surface area contributed by atoms with Crippen molar-refractivity contribution in [1.29, 1.82) is 0 Å². The Labute approximate surface area is 162 Å². The monoisotopic (exact) mass is 376 g/mol. The van der Waals surface area contributed by atoms with Crippen molar-refractivity contribution in [3.63, 3.8) is 0 Å². The van der Waals surface area contributed by atoms with Gasteiger partial charge in [0.25, 0.3) is 5.91 Å². The second-order valence-electron chi connectivity index (χ2n) is 7.64. The van der Waals surface area contributed by atoms with Gasteiger partial charge in [0.15, 0.2) is 0 Å². The molecule has 0 spiro atoms. The van der Waals surface area contributed by atoms with Gasteiger partial charge in [-0.1, -0.05) is 0 Å². The van der Waals surface area contributed by atoms with Crippen LogP contribution in [0.3, 0.4) is 0 Å². The zero-order valence-electron chi connectivity index (χ0n) is 16.6. The molecule has 1 aromatic heterocycles. The van der Waals surface area contributed by atoms with Gasteiger partial charge in [-0.05, 0) is 51.6 Å². The first kappa shape index (κ1) is 20.2. The number of nitrogens with zero attached hydrogens (tertiary/aromatic N) is 4. The summed E-state index contributed by atoms with van der Waals surface area (Å²) >= 11 is 0. The molecular weight excluding hydrogens is 344 g/mol. The van der Waals surface area contributed by atoms with Crippen LogP contribution in [0.1, 0.15) is 41.9 Å². The van der Waals surface area contributed by atoms with Crippen molar-refractivity contribution in [2.45, 2.75) is 38.7 Å². The van der Waals surface area contributed by atoms with Gasteiger partial charge in [-0.3, -0.25) is 4.79 Å². The average Bonchev–Trinajstić information content (AvgIpc) is 3.20. The Bertz CT molecular complexity index is 581. The lowest BCUT2D eigenvalue weighted by molar-refractivity contribution is 0.0436. The second-order valence-corrected chi connectivity index (χ2v) is 7.64. The molecule has 1 aromatic rings. The number of hydrogen-bond donors (Lipinski definition) is 0. The zero-order chi connectivity index (χ0) is 19.1. The molecule has 3 rings (SSSR count). The van der Waals surface area contributed by atoms with Crippen molar-refractivity contribution < 1.29 is 14.3 Å². The molecular formula is C20H32N4O3. The van der Waals surface area contributed by atoms with Gasteiger partial charge in [-0.25, -0.2) is 9.97 Å². The fraction of sp³-hybridized carbons (Fsp3) is 0.750. The molecule has 27 heavy (non-hydrogen) atoms. The van der Waals surface area contributed by atoms with Crippen LogP contribution in [0.25, 0.3) is 0 Å². The van der Waals surface area contributed by atoms with E-state index in [-0.39, 0.29) is 12.0 Å². The number of likely N-dealkylation sites (tertiary alicyclic amines) is 1. The van der Waals surface area contributed by atoms with E-state index in [4.69, 9.17) is 9.47 Å². The van der Waals surface area contributed by atoms with Crippen molar-refractivity contribution >= 4 is 5.91 Å². The van der Waals surface area contributed by atoms with E-state index in [0.717, 1.165) is 65.1 Å². The number of ether oxygens (including phenoxy) is 2. The van der Waals surface area contributed by atoms with Crippen molar-refractivity contribution in [2.75, 3.05) is 53.0 Å². The number of carbonyl (C=O) groups is 1. The lowest BCUT2D eigenvalue weighted by Crippen LogP contribution is -2.44. The van der Waals surface area contributed by atoms with Crippen LogP contribution >= 0.6 is 0 Å². The minimum atomic E-state index is 0.0207. The van der Waals surface area contributed by atoms with Crippen LogP contribution in [0.5, 0.6) is 0 Å². The molecule has 0 radical (unpaired) electrons. The van der Waals surface area contributed by atoms with Crippen LogP contribution < -0.4 is 0 Å². The molecule has 1 unspecified atom stereocenters. The molecule has 0 aliphatic carbocycles. The van der Waals surface area contributed by atoms with E-state index in [0.29, 0.717) is 23.9 Å². The Morgan fingerprint density at radius 1 is 1.26 bits per heavy atom. The zero-order valence-corrected chi connectivity index (χ0v) is 16.6. The van der Waals surface area contributed by atoms with Gasteiger partial charge in [0.2, 0.25) is 0 Å². The standard InChI is InChI=1S/C20H32N4O3/c1-16-21-12-18(13-22-16)20(25)24(15-19-4-3-10-27-19)14-17-5-7-23(8-6-17)9-11-26-2/h12-13,17,19H,3-11,14-15H2,1-2H3. The van der Waals surface area contributed by atoms with Crippen molar-refractivity contribution in [1.82, 2.24) is 19.8 Å². The maximum Gasteiger partial charge on any atom is 0.257 e. The third-order valence-electron chi connectivity index (χ3n) is 5.56. The lowest BCUT2D eigenvalue weighted by Gasteiger charge is -2.35. The molecule has 0 aromatic carbocycles. The quantitative estimate of drug-likeness (QED) is 0.689. The summed E-state index contributed by atoms with van der Waals surface area (Å²) in [5.41, 5.74) is 0.566. The van der Waals surface area contributed by atoms with E-state index in [1.54, 1.807) is 19.5 Å². The molecule has 2 fully saturated rings. The fourth-order valence-electron chi connectivity index (χ4n) is 3.88. The summed E-state index contributed by atoms with van der Waals surface area (Å²) in [5.74, 6) is 1.23. The third-order valence-corrected chi connectivity index (χ3v) is 5.56. The van der Waals surface area contributed by atoms with Crippen LogP contribution in [0.15, 0.2) is 12.4 Å². The summed E-state index contributed by atoms with van der Waals surface area (Å²) in [5, 5.41) is 0. The first-order chi connectivity index (χ1) is 13.2. The highest BCUT2D eigenvalue weighted by atomic mass is 16.5. The molecule has 0 saturated carbocycles. The number of aryl methyl sites for hydroxylation is 1. The molecule has 3 heterocycles. The van der Waals surface area contributed by atoms with Gasteiger partial charge in [0.1, 0.15) is 5.82 Å². The van der Waals surface area contributed by atoms with Crippen LogP contribution in [-0.2, 0) is 9.47 Å². The molecule has 0 bridgehead atoms. The Kier molecular flexibility index (Phi) is 7.55. The summed E-state index contributed by atoms with van der Waals surface area (Å²) in [4.78, 5) is 25.9. The van der Waals surface area contributed by atoms with Crippen LogP contribution in [0.2, 0.25) is 0 Å². The summed E-state index contributed by atoms with van der Waals surface area (Å²) in [6, 6.07) is 0. The van der Waals surface area contributed by atoms with Crippen LogP contribution in [0.4, 0.5) is 0 Å². The highest BCUT2D eigenvalue weighted by Gasteiger charge is 2.28. The number of aromatic nitrogens is 2. The second kappa shape index (κ2) is 10.1. The highest BCUT2D eigenvalue weighted by molar-refractivity contribution is 5.93. The number of hydrogen-bond acceptors (Lipinski definition) is 6. The topological polar surface area (TPSA) is 67.8 Å². The maximum absolute atomic E-state index is 13.1. The van der Waals surface area contributed by atoms with Crippen LogP contribution in [0, 0.1) is 12.8 Å². The third kappa shape index (κ3) is 5.96. The molecule has 0 N–H and O–H groups in total. The van der Waals surface area contributed by atoms with Gasteiger partial charge in [-0.15, -0.1) is 0 Å². The summed E-state index contributed by atoms with van der Waals surface area (Å²) in [7, 11) is 1.75. The van der Waals surface area contributed by atoms with Gasteiger partial charge >= 0.3 is 0 Å². The van der Waals surface area contributed by atoms with Crippen molar-refractivity contribution in [2.24, 2.45) is 5.92 Å². The predicted octanol–water partition coefficient (Wildman–Crippen LogP) is 1.76. The van der Waals surface area contributed by atoms with Gasteiger partial charge in [-0.2, -0.15) is 0 Å². The maximum atomic E-state index is 13.1. The first-order valence-corrected chi connectivity index (χ1v) is 10.1. The predicted molar refractivity (Wildman–Crippen MR) is 103 cm³/mol. The number of methoxy groups -OCH3 is 1. The number of piperidine rings is 1. The first-order valence-electron chi connectivity index (χ1n) is 10.1. The lowest BCUT2D eigenvalue weighted by atomic mass is 9.95. The van der Waals surface area contributed by atoms with E-state index >= 15 is 0 Å². The average molecular weight is 377 g/mol. The van der Waals surface area contributed by atoms with E-state index < -0.39 is 0 Å². The Hall–Kier alpha value is -1.57. The molecule has 2 saturated heterocycles. The molecule has 1 amide bonds. The van der Waals surface area contributed by atoms with E-state index in [9.17, 15) is 4.79 Å². The number of carbonyl (C=O) groups excluding carboxylic acids is 1. The summed E-state index contributed by atoms with van der Waals surface area (Å²) in [6.45, 7) is 7.99. The Morgan fingerprint density at radius 2 is 2.00 bits per heavy atom. The SMILES string of the molecule is COCCN1CCC(CN(CC2CCCO2)C(=O)c2cnc(C)nc2)CC1. The van der Waals surface area contributed by atoms with Gasteiger partial charge in [0.05, 0.1) is 18.3 Å². The normalized spacial score (nSPS) is 21.5. The van der Waals surface area contributed by atoms with Crippen molar-refractivity contribution in [3.8, 4) is 0 Å². The largest absolute Gasteiger partial charge is 0.383 e. The fourth-order valence-corrected chi connectivity index (χ4v) is 3.88. The molecule has 7 heteroatoms. The minimum absolute atomic E-state index is 0.0207. The summed E-state index contributed by atoms with van der Waals surface area (Å²) in [6.07, 6.45) is 7.78. The Balaban J connectivity index is 1.60. The smallest absolute Gasteiger partial charge is 0.257 e. The molecule has 2 aliphatic rings. The molecule has 150 valence electrons. The summed E-state index contributed by atoms with van der Waals surface area (Å²) < 4.78 is 11.0. The van der Waals surface area contributed by atoms with Gasteiger partial charge < -0.3 is 19.3 Å². The van der Waals surface area contributed by atoms with E-state index in [1.807, 2.05) is 11.8 Å². The minimum Gasteiger partial charge on any atom is -0.383 e. The molecule has 1 atom stereocenters. The Morgan fingerprint density at radius 3 is 2.63 bits per heavy atom. The molecule has 7 nitrogen and oxygen atoms in total. The van der Waals surface area contributed by atoms with E-state index in [2.05, 4.69) is 14.9 Å². The van der Waals surface area contributed by atoms with Gasteiger partial charge in [0, 0.05) is 45.7 Å².